The number of carbonyl (C=O) groups excluding carboxylic acids is 1. The summed E-state index contributed by atoms with van der Waals surface area (Å²) < 4.78 is 11.7. The van der Waals surface area contributed by atoms with E-state index in [0.29, 0.717) is 31.0 Å². The van der Waals surface area contributed by atoms with Gasteiger partial charge in [-0.05, 0) is 39.5 Å². The number of hydrogen-bond donors (Lipinski definition) is 0. The highest BCUT2D eigenvalue weighted by Gasteiger charge is 2.21. The van der Waals surface area contributed by atoms with Crippen molar-refractivity contribution in [2.24, 2.45) is 0 Å². The van der Waals surface area contributed by atoms with Gasteiger partial charge in [0.25, 0.3) is 5.91 Å². The van der Waals surface area contributed by atoms with Crippen LogP contribution in [0.1, 0.15) is 15.4 Å². The minimum absolute atomic E-state index is 0.126. The second-order valence-electron chi connectivity index (χ2n) is 5.07. The van der Waals surface area contributed by atoms with Crippen LogP contribution in [0.15, 0.2) is 50.7 Å². The molecule has 0 spiro atoms. The van der Waals surface area contributed by atoms with Crippen LogP contribution in [0.25, 0.3) is 11.0 Å². The Bertz CT molecular complexity index is 797. The molecule has 0 atom stereocenters. The SMILES string of the molecule is COCCN(Cc1cccs1)C(=O)c1cc2cccc(Br)c2o1. The van der Waals surface area contributed by atoms with E-state index in [1.165, 1.54) is 0 Å². The van der Waals surface area contributed by atoms with Crippen molar-refractivity contribution in [1.29, 1.82) is 0 Å². The van der Waals surface area contributed by atoms with E-state index in [9.17, 15) is 4.79 Å². The van der Waals surface area contributed by atoms with Gasteiger partial charge in [0.05, 0.1) is 17.6 Å². The molecule has 0 N–H and O–H groups in total. The Kier molecular flexibility index (Phi) is 5.15. The Morgan fingerprint density at radius 1 is 1.35 bits per heavy atom. The first-order chi connectivity index (χ1) is 11.2. The summed E-state index contributed by atoms with van der Waals surface area (Å²) in [6.45, 7) is 1.56. The van der Waals surface area contributed by atoms with Crippen molar-refractivity contribution in [2.45, 2.75) is 6.54 Å². The molecule has 0 fully saturated rings. The summed E-state index contributed by atoms with van der Waals surface area (Å²) in [5, 5.41) is 2.91. The number of methoxy groups -OCH3 is 1. The Morgan fingerprint density at radius 3 is 2.91 bits per heavy atom. The zero-order chi connectivity index (χ0) is 16.2. The quantitative estimate of drug-likeness (QED) is 0.616. The minimum atomic E-state index is -0.126. The van der Waals surface area contributed by atoms with Crippen LogP contribution in [0.2, 0.25) is 0 Å². The highest BCUT2D eigenvalue weighted by Crippen LogP contribution is 2.28. The highest BCUT2D eigenvalue weighted by molar-refractivity contribution is 9.10. The number of halogens is 1. The topological polar surface area (TPSA) is 42.7 Å². The normalized spacial score (nSPS) is 11.0. The molecule has 0 saturated heterocycles. The minimum Gasteiger partial charge on any atom is -0.450 e. The van der Waals surface area contributed by atoms with Crippen molar-refractivity contribution in [2.75, 3.05) is 20.3 Å². The second kappa shape index (κ2) is 7.29. The van der Waals surface area contributed by atoms with Crippen molar-refractivity contribution in [3.63, 3.8) is 0 Å². The van der Waals surface area contributed by atoms with Crippen LogP contribution >= 0.6 is 27.3 Å². The number of rotatable bonds is 6. The van der Waals surface area contributed by atoms with Gasteiger partial charge < -0.3 is 14.1 Å². The third kappa shape index (κ3) is 3.65. The predicted octanol–water partition coefficient (Wildman–Crippen LogP) is 4.55. The molecule has 120 valence electrons. The van der Waals surface area contributed by atoms with Gasteiger partial charge >= 0.3 is 0 Å². The third-order valence-corrected chi connectivity index (χ3v) is 4.97. The molecule has 2 heterocycles. The molecule has 0 radical (unpaired) electrons. The molecule has 2 aromatic heterocycles. The van der Waals surface area contributed by atoms with Gasteiger partial charge in [0.1, 0.15) is 5.58 Å². The Labute approximate surface area is 146 Å². The molecule has 6 heteroatoms. The zero-order valence-electron chi connectivity index (χ0n) is 12.6. The van der Waals surface area contributed by atoms with E-state index >= 15 is 0 Å². The summed E-state index contributed by atoms with van der Waals surface area (Å²) >= 11 is 5.08. The first-order valence-corrected chi connectivity index (χ1v) is 8.85. The standard InChI is InChI=1S/C17H16BrNO3S/c1-21-8-7-19(11-13-5-3-9-23-13)17(20)15-10-12-4-2-6-14(18)16(12)22-15/h2-6,9-10H,7-8,11H2,1H3. The lowest BCUT2D eigenvalue weighted by Crippen LogP contribution is -2.33. The Balaban J connectivity index is 1.87. The lowest BCUT2D eigenvalue weighted by Gasteiger charge is -2.20. The molecule has 0 aliphatic rings. The van der Waals surface area contributed by atoms with Crippen LogP contribution in [-0.2, 0) is 11.3 Å². The van der Waals surface area contributed by atoms with Gasteiger partial charge in [-0.2, -0.15) is 0 Å². The maximum Gasteiger partial charge on any atom is 0.290 e. The average Bonchev–Trinajstić information content (AvgIpc) is 3.20. The van der Waals surface area contributed by atoms with E-state index in [2.05, 4.69) is 15.9 Å². The van der Waals surface area contributed by atoms with Gasteiger partial charge in [-0.1, -0.05) is 18.2 Å². The van der Waals surface area contributed by atoms with Crippen molar-refractivity contribution < 1.29 is 13.9 Å². The summed E-state index contributed by atoms with van der Waals surface area (Å²) in [7, 11) is 1.63. The van der Waals surface area contributed by atoms with Gasteiger partial charge in [-0.3, -0.25) is 4.79 Å². The number of hydrogen-bond acceptors (Lipinski definition) is 4. The maximum atomic E-state index is 12.8. The van der Waals surface area contributed by atoms with Crippen molar-refractivity contribution in [3.8, 4) is 0 Å². The number of para-hydroxylation sites is 1. The van der Waals surface area contributed by atoms with Gasteiger partial charge in [0.2, 0.25) is 0 Å². The summed E-state index contributed by atoms with van der Waals surface area (Å²) in [6.07, 6.45) is 0. The van der Waals surface area contributed by atoms with E-state index in [-0.39, 0.29) is 5.91 Å². The molecule has 1 aromatic carbocycles. The number of ether oxygens (including phenoxy) is 1. The predicted molar refractivity (Wildman–Crippen MR) is 94.8 cm³/mol. The molecular formula is C17H16BrNO3S. The van der Waals surface area contributed by atoms with Crippen LogP contribution in [0.5, 0.6) is 0 Å². The first kappa shape index (κ1) is 16.2. The highest BCUT2D eigenvalue weighted by atomic mass is 79.9. The van der Waals surface area contributed by atoms with Crippen molar-refractivity contribution in [1.82, 2.24) is 4.90 Å². The summed E-state index contributed by atoms with van der Waals surface area (Å²) in [6, 6.07) is 11.5. The molecule has 23 heavy (non-hydrogen) atoms. The maximum absolute atomic E-state index is 12.8. The molecule has 0 saturated carbocycles. The van der Waals surface area contributed by atoms with E-state index in [1.54, 1.807) is 29.4 Å². The molecule has 0 aliphatic carbocycles. The number of furan rings is 1. The Hall–Kier alpha value is -1.63. The number of thiophene rings is 1. The molecule has 4 nitrogen and oxygen atoms in total. The van der Waals surface area contributed by atoms with Crippen LogP contribution in [0, 0.1) is 0 Å². The van der Waals surface area contributed by atoms with Crippen molar-refractivity contribution >= 4 is 44.1 Å². The summed E-state index contributed by atoms with van der Waals surface area (Å²) in [5.41, 5.74) is 0.693. The third-order valence-electron chi connectivity index (χ3n) is 3.49. The average molecular weight is 394 g/mol. The number of nitrogens with zero attached hydrogens (tertiary/aromatic N) is 1. The van der Waals surface area contributed by atoms with E-state index < -0.39 is 0 Å². The Morgan fingerprint density at radius 2 is 2.22 bits per heavy atom. The first-order valence-electron chi connectivity index (χ1n) is 7.17. The largest absolute Gasteiger partial charge is 0.450 e. The smallest absolute Gasteiger partial charge is 0.290 e. The summed E-state index contributed by atoms with van der Waals surface area (Å²) in [5.74, 6) is 0.220. The number of carbonyl (C=O) groups is 1. The van der Waals surface area contributed by atoms with Crippen molar-refractivity contribution in [3.05, 3.63) is 56.9 Å². The zero-order valence-corrected chi connectivity index (χ0v) is 15.0. The van der Waals surface area contributed by atoms with E-state index in [0.717, 1.165) is 14.7 Å². The van der Waals surface area contributed by atoms with Gasteiger partial charge in [-0.15, -0.1) is 11.3 Å². The fraction of sp³-hybridized carbons (Fsp3) is 0.235. The van der Waals surface area contributed by atoms with E-state index in [4.69, 9.17) is 9.15 Å². The second-order valence-corrected chi connectivity index (χ2v) is 6.95. The van der Waals surface area contributed by atoms with Crippen LogP contribution in [0.4, 0.5) is 0 Å². The molecule has 3 aromatic rings. The molecule has 1 amide bonds. The number of fused-ring (bicyclic) bond motifs is 1. The van der Waals surface area contributed by atoms with Gasteiger partial charge in [0, 0.05) is 23.9 Å². The molecule has 0 aliphatic heterocycles. The number of amides is 1. The van der Waals surface area contributed by atoms with Crippen LogP contribution < -0.4 is 0 Å². The molecule has 0 bridgehead atoms. The van der Waals surface area contributed by atoms with Gasteiger partial charge in [-0.25, -0.2) is 0 Å². The molecule has 0 unspecified atom stereocenters. The number of benzene rings is 1. The lowest BCUT2D eigenvalue weighted by molar-refractivity contribution is 0.0653. The fourth-order valence-electron chi connectivity index (χ4n) is 2.33. The van der Waals surface area contributed by atoms with Crippen LogP contribution in [0.3, 0.4) is 0 Å². The lowest BCUT2D eigenvalue weighted by atomic mass is 10.2. The fourth-order valence-corrected chi connectivity index (χ4v) is 3.52. The molecular weight excluding hydrogens is 378 g/mol. The monoisotopic (exact) mass is 393 g/mol. The molecule has 3 rings (SSSR count). The van der Waals surface area contributed by atoms with Gasteiger partial charge in [0.15, 0.2) is 5.76 Å². The van der Waals surface area contributed by atoms with Crippen LogP contribution in [-0.4, -0.2) is 31.1 Å². The summed E-state index contributed by atoms with van der Waals surface area (Å²) in [4.78, 5) is 15.7. The van der Waals surface area contributed by atoms with E-state index in [1.807, 2.05) is 35.7 Å².